The molecule has 1 atom stereocenters. The molecule has 172 valence electrons. The number of allylic oxidation sites excluding steroid dienone is 2. The molecular formula is C26H26F3N3O. The molecule has 33 heavy (non-hydrogen) atoms. The Bertz CT molecular complexity index is 1100. The molecule has 0 radical (unpaired) electrons. The van der Waals surface area contributed by atoms with Crippen molar-refractivity contribution in [2.24, 2.45) is 10.4 Å². The summed E-state index contributed by atoms with van der Waals surface area (Å²) in [6.45, 7) is 4.83. The van der Waals surface area contributed by atoms with Gasteiger partial charge in [0.05, 0.1) is 6.54 Å². The first-order chi connectivity index (χ1) is 15.7. The fourth-order valence-electron chi connectivity index (χ4n) is 4.52. The minimum atomic E-state index is -4.90. The van der Waals surface area contributed by atoms with Crippen molar-refractivity contribution in [2.75, 3.05) is 19.6 Å². The van der Waals surface area contributed by atoms with Crippen LogP contribution in [0, 0.1) is 5.41 Å². The Hall–Kier alpha value is -3.35. The molecule has 2 aliphatic heterocycles. The number of nitrogens with one attached hydrogen (secondary N) is 1. The van der Waals surface area contributed by atoms with Crippen LogP contribution < -0.4 is 5.32 Å². The van der Waals surface area contributed by atoms with Crippen LogP contribution in [-0.2, 0) is 4.79 Å². The zero-order valence-corrected chi connectivity index (χ0v) is 18.6. The highest BCUT2D eigenvalue weighted by atomic mass is 19.4. The van der Waals surface area contributed by atoms with E-state index in [0.29, 0.717) is 13.1 Å². The smallest absolute Gasteiger partial charge is 0.348 e. The summed E-state index contributed by atoms with van der Waals surface area (Å²) in [5.74, 6) is -1.20. The molecule has 0 aromatic heterocycles. The molecule has 2 aromatic rings. The van der Waals surface area contributed by atoms with Crippen LogP contribution in [0.3, 0.4) is 0 Å². The van der Waals surface area contributed by atoms with Gasteiger partial charge in [-0.1, -0.05) is 80.6 Å². The molecule has 2 aliphatic rings. The minimum Gasteiger partial charge on any atom is -0.348 e. The first kappa shape index (κ1) is 22.8. The van der Waals surface area contributed by atoms with Gasteiger partial charge in [0.2, 0.25) is 0 Å². The molecule has 0 fully saturated rings. The average molecular weight is 454 g/mol. The van der Waals surface area contributed by atoms with E-state index >= 15 is 0 Å². The molecule has 1 unspecified atom stereocenters. The summed E-state index contributed by atoms with van der Waals surface area (Å²) in [6, 6.07) is 19.7. The van der Waals surface area contributed by atoms with E-state index in [9.17, 15) is 18.0 Å². The fourth-order valence-corrected chi connectivity index (χ4v) is 4.52. The van der Waals surface area contributed by atoms with Gasteiger partial charge in [0.15, 0.2) is 0 Å². The van der Waals surface area contributed by atoms with Crippen LogP contribution in [-0.4, -0.2) is 42.5 Å². The molecule has 7 heteroatoms. The summed E-state index contributed by atoms with van der Waals surface area (Å²) in [5.41, 5.74) is 3.44. The van der Waals surface area contributed by atoms with Crippen molar-refractivity contribution in [3.63, 3.8) is 0 Å². The van der Waals surface area contributed by atoms with Crippen molar-refractivity contribution >= 4 is 11.7 Å². The van der Waals surface area contributed by atoms with Crippen LogP contribution in [0.1, 0.15) is 30.9 Å². The summed E-state index contributed by atoms with van der Waals surface area (Å²) in [6.07, 6.45) is -0.702. The van der Waals surface area contributed by atoms with E-state index in [4.69, 9.17) is 4.99 Å². The van der Waals surface area contributed by atoms with Gasteiger partial charge in [0, 0.05) is 30.3 Å². The average Bonchev–Trinajstić information content (AvgIpc) is 3.21. The van der Waals surface area contributed by atoms with Crippen molar-refractivity contribution in [3.05, 3.63) is 95.2 Å². The molecule has 0 bridgehead atoms. The number of amides is 1. The highest BCUT2D eigenvalue weighted by Crippen LogP contribution is 2.43. The first-order valence-corrected chi connectivity index (χ1v) is 10.8. The first-order valence-electron chi connectivity index (χ1n) is 10.8. The van der Waals surface area contributed by atoms with E-state index in [0.717, 1.165) is 28.2 Å². The third-order valence-corrected chi connectivity index (χ3v) is 6.08. The Balaban J connectivity index is 1.61. The molecule has 1 amide bonds. The lowest BCUT2D eigenvalue weighted by Gasteiger charge is -2.38. The largest absolute Gasteiger partial charge is 0.471 e. The standard InChI is InChI=1S/C26H26F3N3O/c1-25(2,17-31-24(33)26(27,28)29)22(18-9-5-3-6-10-18)20-13-14-32-21(15-20)16-30-23(32)19-11-7-4-8-12-19/h3-13,15,22H,14,16-17H2,1-2H3,(H,31,33). The van der Waals surface area contributed by atoms with Crippen LogP contribution in [0.4, 0.5) is 13.2 Å². The number of benzene rings is 2. The van der Waals surface area contributed by atoms with Gasteiger partial charge in [-0.15, -0.1) is 0 Å². The fraction of sp³-hybridized carbons (Fsp3) is 0.308. The Labute approximate surface area is 191 Å². The van der Waals surface area contributed by atoms with Crippen molar-refractivity contribution in [2.45, 2.75) is 25.9 Å². The van der Waals surface area contributed by atoms with E-state index in [1.807, 2.05) is 74.5 Å². The van der Waals surface area contributed by atoms with Gasteiger partial charge in [-0.3, -0.25) is 9.79 Å². The number of carbonyl (C=O) groups is 1. The summed E-state index contributed by atoms with van der Waals surface area (Å²) >= 11 is 0. The highest BCUT2D eigenvalue weighted by molar-refractivity contribution is 6.01. The molecule has 1 N–H and O–H groups in total. The number of hydrogen-bond acceptors (Lipinski definition) is 3. The molecule has 2 heterocycles. The molecule has 0 saturated carbocycles. The third-order valence-electron chi connectivity index (χ3n) is 6.08. The lowest BCUT2D eigenvalue weighted by atomic mass is 9.70. The Morgan fingerprint density at radius 3 is 2.33 bits per heavy atom. The van der Waals surface area contributed by atoms with Gasteiger partial charge in [-0.25, -0.2) is 0 Å². The van der Waals surface area contributed by atoms with Crippen LogP contribution in [0.15, 0.2) is 89.1 Å². The number of halogens is 3. The van der Waals surface area contributed by atoms with Gasteiger partial charge in [0.1, 0.15) is 5.84 Å². The molecule has 0 aliphatic carbocycles. The predicted molar refractivity (Wildman–Crippen MR) is 123 cm³/mol. The van der Waals surface area contributed by atoms with E-state index in [-0.39, 0.29) is 12.5 Å². The maximum Gasteiger partial charge on any atom is 0.471 e. The number of alkyl halides is 3. The van der Waals surface area contributed by atoms with E-state index in [2.05, 4.69) is 22.4 Å². The molecule has 2 aromatic carbocycles. The summed E-state index contributed by atoms with van der Waals surface area (Å²) in [5, 5.41) is 2.08. The van der Waals surface area contributed by atoms with E-state index in [1.54, 1.807) is 0 Å². The van der Waals surface area contributed by atoms with Crippen molar-refractivity contribution in [1.29, 1.82) is 0 Å². The Morgan fingerprint density at radius 2 is 1.70 bits per heavy atom. The number of hydrogen-bond donors (Lipinski definition) is 1. The third kappa shape index (κ3) is 4.87. The van der Waals surface area contributed by atoms with Gasteiger partial charge in [-0.05, 0) is 22.6 Å². The van der Waals surface area contributed by atoms with Gasteiger partial charge in [0.25, 0.3) is 0 Å². The van der Waals surface area contributed by atoms with Crippen molar-refractivity contribution in [1.82, 2.24) is 10.2 Å². The summed E-state index contributed by atoms with van der Waals surface area (Å²) < 4.78 is 38.3. The number of amidine groups is 1. The van der Waals surface area contributed by atoms with Crippen LogP contribution in [0.2, 0.25) is 0 Å². The second-order valence-electron chi connectivity index (χ2n) is 8.97. The lowest BCUT2D eigenvalue weighted by Crippen LogP contribution is -2.44. The highest BCUT2D eigenvalue weighted by Gasteiger charge is 2.41. The molecule has 0 spiro atoms. The molecule has 0 saturated heterocycles. The van der Waals surface area contributed by atoms with Crippen molar-refractivity contribution in [3.8, 4) is 0 Å². The number of fused-ring (bicyclic) bond motifs is 1. The van der Waals surface area contributed by atoms with Gasteiger partial charge >= 0.3 is 12.1 Å². The molecule has 4 rings (SSSR count). The maximum absolute atomic E-state index is 12.8. The Kier molecular flexibility index (Phi) is 6.15. The monoisotopic (exact) mass is 453 g/mol. The van der Waals surface area contributed by atoms with Crippen LogP contribution in [0.5, 0.6) is 0 Å². The van der Waals surface area contributed by atoms with Crippen LogP contribution in [0.25, 0.3) is 0 Å². The number of nitrogens with zero attached hydrogens (tertiary/aromatic N) is 2. The second-order valence-corrected chi connectivity index (χ2v) is 8.97. The zero-order valence-electron chi connectivity index (χ0n) is 18.6. The zero-order chi connectivity index (χ0) is 23.6. The number of aliphatic imine (C=N–C) groups is 1. The topological polar surface area (TPSA) is 44.7 Å². The molecule has 4 nitrogen and oxygen atoms in total. The predicted octanol–water partition coefficient (Wildman–Crippen LogP) is 5.06. The second kappa shape index (κ2) is 8.89. The van der Waals surface area contributed by atoms with E-state index < -0.39 is 17.5 Å². The van der Waals surface area contributed by atoms with E-state index in [1.165, 1.54) is 0 Å². The quantitative estimate of drug-likeness (QED) is 0.665. The normalized spacial score (nSPS) is 17.0. The lowest BCUT2D eigenvalue weighted by molar-refractivity contribution is -0.174. The van der Waals surface area contributed by atoms with Crippen molar-refractivity contribution < 1.29 is 18.0 Å². The maximum atomic E-state index is 12.8. The summed E-state index contributed by atoms with van der Waals surface area (Å²) in [4.78, 5) is 18.4. The Morgan fingerprint density at radius 1 is 1.06 bits per heavy atom. The SMILES string of the molecule is CC(C)(CNC(=O)C(F)(F)F)C(C1=CCN2C(=C1)CN=C2c1ccccc1)c1ccccc1. The van der Waals surface area contributed by atoms with Gasteiger partial charge in [-0.2, -0.15) is 13.2 Å². The molecular weight excluding hydrogens is 427 g/mol. The number of carbonyl (C=O) groups excluding carboxylic acids is 1. The van der Waals surface area contributed by atoms with Gasteiger partial charge < -0.3 is 10.2 Å². The van der Waals surface area contributed by atoms with Crippen LogP contribution >= 0.6 is 0 Å². The summed E-state index contributed by atoms with van der Waals surface area (Å²) in [7, 11) is 0. The number of rotatable bonds is 6. The minimum absolute atomic E-state index is 0.110.